The molecule has 2 heterocycles. The predicted octanol–water partition coefficient (Wildman–Crippen LogP) is 5.45. The molecule has 0 spiro atoms. The summed E-state index contributed by atoms with van der Waals surface area (Å²) in [6, 6.07) is 6.15. The number of halogens is 3. The van der Waals surface area contributed by atoms with Crippen LogP contribution in [0, 0.1) is 0 Å². The van der Waals surface area contributed by atoms with Gasteiger partial charge in [0.05, 0.1) is 30.3 Å². The summed E-state index contributed by atoms with van der Waals surface area (Å²) in [7, 11) is 0. The van der Waals surface area contributed by atoms with Gasteiger partial charge in [0, 0.05) is 10.8 Å². The molecule has 0 bridgehead atoms. The molecular formula is C26H31F3N4O6. The Hall–Kier alpha value is -3.71. The third-order valence-corrected chi connectivity index (χ3v) is 5.01. The number of ether oxygens (including phenoxy) is 3. The van der Waals surface area contributed by atoms with E-state index in [1.807, 2.05) is 0 Å². The second-order valence-electron chi connectivity index (χ2n) is 10.5. The summed E-state index contributed by atoms with van der Waals surface area (Å²) in [5.74, 6) is -1.31. The van der Waals surface area contributed by atoms with Crippen LogP contribution in [0.2, 0.25) is 0 Å². The number of carbonyl (C=O) groups is 2. The van der Waals surface area contributed by atoms with E-state index >= 15 is 0 Å². The Kier molecular flexibility index (Phi) is 8.27. The molecule has 1 unspecified atom stereocenters. The van der Waals surface area contributed by atoms with Crippen LogP contribution >= 0.6 is 0 Å². The molecule has 1 amide bonds. The number of aromatic nitrogens is 3. The van der Waals surface area contributed by atoms with E-state index in [0.29, 0.717) is 4.68 Å². The van der Waals surface area contributed by atoms with Gasteiger partial charge in [-0.2, -0.15) is 18.3 Å². The first-order valence-corrected chi connectivity index (χ1v) is 12.0. The lowest BCUT2D eigenvalue weighted by Crippen LogP contribution is -2.48. The number of aliphatic hydroxyl groups is 1. The first-order valence-electron chi connectivity index (χ1n) is 12.0. The zero-order chi connectivity index (χ0) is 29.3. The van der Waals surface area contributed by atoms with Crippen LogP contribution in [0.5, 0.6) is 0 Å². The number of esters is 1. The molecule has 3 aromatic rings. The molecule has 0 saturated heterocycles. The van der Waals surface area contributed by atoms with Crippen molar-refractivity contribution in [1.29, 1.82) is 0 Å². The first kappa shape index (κ1) is 29.8. The average Bonchev–Trinajstić information content (AvgIpc) is 3.23. The molecule has 1 atom stereocenters. The number of nitrogens with zero attached hydrogens (tertiary/aromatic N) is 4. The Morgan fingerprint density at radius 3 is 2.18 bits per heavy atom. The van der Waals surface area contributed by atoms with Gasteiger partial charge in [0.1, 0.15) is 17.0 Å². The van der Waals surface area contributed by atoms with E-state index in [0.717, 1.165) is 17.3 Å². The lowest BCUT2D eigenvalue weighted by atomic mass is 10.1. The van der Waals surface area contributed by atoms with Gasteiger partial charge in [0.15, 0.2) is 5.69 Å². The summed E-state index contributed by atoms with van der Waals surface area (Å²) in [5.41, 5.74) is -4.09. The van der Waals surface area contributed by atoms with Crippen LogP contribution in [0.3, 0.4) is 0 Å². The van der Waals surface area contributed by atoms with Crippen molar-refractivity contribution in [3.63, 3.8) is 0 Å². The summed E-state index contributed by atoms with van der Waals surface area (Å²) < 4.78 is 58.8. The van der Waals surface area contributed by atoms with E-state index in [2.05, 4.69) is 10.1 Å². The highest BCUT2D eigenvalue weighted by Gasteiger charge is 2.42. The Bertz CT molecular complexity index is 1360. The van der Waals surface area contributed by atoms with Crippen LogP contribution in [0.25, 0.3) is 16.5 Å². The molecule has 3 rings (SSSR count). The second kappa shape index (κ2) is 10.8. The van der Waals surface area contributed by atoms with Gasteiger partial charge < -0.3 is 19.3 Å². The topological polar surface area (TPSA) is 116 Å². The molecule has 212 valence electrons. The molecule has 2 aromatic heterocycles. The van der Waals surface area contributed by atoms with E-state index in [1.54, 1.807) is 53.7 Å². The van der Waals surface area contributed by atoms with E-state index in [1.165, 1.54) is 19.1 Å². The number of alkyl halides is 3. The molecular weight excluding hydrogens is 521 g/mol. The number of fused-ring (bicyclic) bond motifs is 1. The number of amides is 1. The van der Waals surface area contributed by atoms with Crippen LogP contribution in [-0.4, -0.2) is 56.2 Å². The molecule has 10 nitrogen and oxygen atoms in total. The van der Waals surface area contributed by atoms with Crippen molar-refractivity contribution in [2.75, 3.05) is 11.5 Å². The highest BCUT2D eigenvalue weighted by atomic mass is 19.4. The zero-order valence-corrected chi connectivity index (χ0v) is 22.7. The maximum Gasteiger partial charge on any atom is 0.434 e. The minimum Gasteiger partial charge on any atom is -0.462 e. The molecule has 0 fully saturated rings. The van der Waals surface area contributed by atoms with Crippen molar-refractivity contribution in [3.8, 4) is 5.69 Å². The third kappa shape index (κ3) is 6.84. The quantitative estimate of drug-likeness (QED) is 0.317. The van der Waals surface area contributed by atoms with Crippen molar-refractivity contribution < 1.29 is 42.1 Å². The fourth-order valence-electron chi connectivity index (χ4n) is 3.65. The fourth-order valence-corrected chi connectivity index (χ4v) is 3.65. The normalized spacial score (nSPS) is 13.3. The van der Waals surface area contributed by atoms with Gasteiger partial charge >= 0.3 is 18.2 Å². The maximum absolute atomic E-state index is 14.2. The van der Waals surface area contributed by atoms with Crippen LogP contribution in [-0.2, 0) is 20.4 Å². The second-order valence-corrected chi connectivity index (χ2v) is 10.5. The standard InChI is InChI=1S/C26H31F3N4O6/c1-8-37-21(34)17-13-31-33(19(17)26(27,28)29)18-14-30-20(16-12-10-9-11-15(16)18)32(22(35)38-24(2,3)4)23(36)39-25(5,6)7/h9-14,22,35H,8H2,1-7H3. The smallest absolute Gasteiger partial charge is 0.434 e. The van der Waals surface area contributed by atoms with E-state index in [9.17, 15) is 27.9 Å². The Morgan fingerprint density at radius 1 is 1.03 bits per heavy atom. The van der Waals surface area contributed by atoms with Gasteiger partial charge in [-0.05, 0) is 48.5 Å². The molecule has 0 aliphatic rings. The molecule has 0 aliphatic heterocycles. The summed E-state index contributed by atoms with van der Waals surface area (Å²) in [5, 5.41) is 15.1. The van der Waals surface area contributed by atoms with Crippen molar-refractivity contribution in [2.24, 2.45) is 0 Å². The summed E-state index contributed by atoms with van der Waals surface area (Å²) >= 11 is 0. The Morgan fingerprint density at radius 2 is 1.64 bits per heavy atom. The third-order valence-electron chi connectivity index (χ3n) is 5.01. The van der Waals surface area contributed by atoms with Gasteiger partial charge in [-0.15, -0.1) is 0 Å². The lowest BCUT2D eigenvalue weighted by Gasteiger charge is -2.33. The predicted molar refractivity (Wildman–Crippen MR) is 135 cm³/mol. The molecule has 0 radical (unpaired) electrons. The Balaban J connectivity index is 2.27. The van der Waals surface area contributed by atoms with Crippen molar-refractivity contribution in [3.05, 3.63) is 47.9 Å². The largest absolute Gasteiger partial charge is 0.462 e. The van der Waals surface area contributed by atoms with Crippen molar-refractivity contribution in [1.82, 2.24) is 14.8 Å². The Labute approximate surface area is 223 Å². The highest BCUT2D eigenvalue weighted by molar-refractivity contribution is 6.03. The number of pyridine rings is 1. The maximum atomic E-state index is 14.2. The van der Waals surface area contributed by atoms with Crippen LogP contribution in [0.4, 0.5) is 23.8 Å². The number of aliphatic hydroxyl groups excluding tert-OH is 1. The molecule has 39 heavy (non-hydrogen) atoms. The van der Waals surface area contributed by atoms with Crippen LogP contribution in [0.15, 0.2) is 36.7 Å². The summed E-state index contributed by atoms with van der Waals surface area (Å²) in [6.45, 7) is 11.2. The van der Waals surface area contributed by atoms with E-state index < -0.39 is 47.1 Å². The van der Waals surface area contributed by atoms with Crippen molar-refractivity contribution >= 4 is 28.7 Å². The first-order chi connectivity index (χ1) is 17.9. The van der Waals surface area contributed by atoms with E-state index in [-0.39, 0.29) is 28.9 Å². The molecule has 1 N–H and O–H groups in total. The summed E-state index contributed by atoms with van der Waals surface area (Å²) in [6.07, 6.45) is -6.00. The SMILES string of the molecule is CCOC(=O)c1cnn(-c2cnc(N(C(=O)OC(C)(C)C)C(O)OC(C)(C)C)c3ccccc23)c1C(F)(F)F. The monoisotopic (exact) mass is 552 g/mol. The highest BCUT2D eigenvalue weighted by Crippen LogP contribution is 2.37. The number of benzene rings is 1. The fraction of sp³-hybridized carbons (Fsp3) is 0.462. The van der Waals surface area contributed by atoms with Gasteiger partial charge in [0.2, 0.25) is 6.41 Å². The van der Waals surface area contributed by atoms with Crippen molar-refractivity contribution in [2.45, 2.75) is 72.3 Å². The number of rotatable bonds is 6. The molecule has 0 aliphatic carbocycles. The minimum absolute atomic E-state index is 0.125. The van der Waals surface area contributed by atoms with Gasteiger partial charge in [-0.25, -0.2) is 24.2 Å². The number of anilines is 1. The number of hydrogen-bond donors (Lipinski definition) is 1. The van der Waals surface area contributed by atoms with Gasteiger partial charge in [-0.3, -0.25) is 0 Å². The molecule has 0 saturated carbocycles. The molecule has 13 heteroatoms. The van der Waals surface area contributed by atoms with Gasteiger partial charge in [-0.1, -0.05) is 24.3 Å². The number of carbonyl (C=O) groups excluding carboxylic acids is 2. The van der Waals surface area contributed by atoms with E-state index in [4.69, 9.17) is 14.2 Å². The molecule has 1 aromatic carbocycles. The van der Waals surface area contributed by atoms with Crippen LogP contribution in [0.1, 0.15) is 64.5 Å². The summed E-state index contributed by atoms with van der Waals surface area (Å²) in [4.78, 5) is 30.5. The number of hydrogen-bond acceptors (Lipinski definition) is 8. The average molecular weight is 553 g/mol. The van der Waals surface area contributed by atoms with Gasteiger partial charge in [0.25, 0.3) is 0 Å². The van der Waals surface area contributed by atoms with Crippen LogP contribution < -0.4 is 4.90 Å². The minimum atomic E-state index is -4.97. The lowest BCUT2D eigenvalue weighted by molar-refractivity contribution is -0.163. The zero-order valence-electron chi connectivity index (χ0n) is 22.7.